The number of nitrogen functional groups attached to an aromatic ring is 1. The Hall–Kier alpha value is -1.88. The summed E-state index contributed by atoms with van der Waals surface area (Å²) in [5.74, 6) is 0.330. The summed E-state index contributed by atoms with van der Waals surface area (Å²) in [6, 6.07) is 11.3. The van der Waals surface area contributed by atoms with Crippen molar-refractivity contribution in [3.63, 3.8) is 0 Å². The highest BCUT2D eigenvalue weighted by Crippen LogP contribution is 2.15. The van der Waals surface area contributed by atoms with Gasteiger partial charge in [0.1, 0.15) is 5.82 Å². The fraction of sp³-hybridized carbons (Fsp3) is 0.250. The molecule has 5 heteroatoms. The molecule has 0 aliphatic heterocycles. The Balaban J connectivity index is 2.15. The highest BCUT2D eigenvalue weighted by molar-refractivity contribution is 9.10. The van der Waals surface area contributed by atoms with Crippen molar-refractivity contribution >= 4 is 27.7 Å². The van der Waals surface area contributed by atoms with Gasteiger partial charge in [0.25, 0.3) is 5.91 Å². The van der Waals surface area contributed by atoms with E-state index in [4.69, 9.17) is 5.73 Å². The van der Waals surface area contributed by atoms with Gasteiger partial charge in [0.05, 0.1) is 0 Å². The van der Waals surface area contributed by atoms with Gasteiger partial charge in [-0.3, -0.25) is 4.79 Å². The highest BCUT2D eigenvalue weighted by atomic mass is 79.9. The van der Waals surface area contributed by atoms with Crippen molar-refractivity contribution in [2.45, 2.75) is 19.9 Å². The van der Waals surface area contributed by atoms with Crippen LogP contribution in [0.5, 0.6) is 0 Å². The summed E-state index contributed by atoms with van der Waals surface area (Å²) < 4.78 is 1.02. The number of carbonyl (C=O) groups excluding carboxylic acids is 1. The second-order valence-corrected chi connectivity index (χ2v) is 5.83. The number of pyridine rings is 1. The summed E-state index contributed by atoms with van der Waals surface area (Å²) in [7, 11) is 1.78. The maximum absolute atomic E-state index is 12.5. The van der Waals surface area contributed by atoms with E-state index in [1.54, 1.807) is 24.1 Å². The molecule has 1 heterocycles. The van der Waals surface area contributed by atoms with Gasteiger partial charge >= 0.3 is 0 Å². The van der Waals surface area contributed by atoms with E-state index in [1.165, 1.54) is 0 Å². The van der Waals surface area contributed by atoms with Crippen LogP contribution in [0.1, 0.15) is 28.5 Å². The normalized spacial score (nSPS) is 10.4. The molecule has 1 aromatic heterocycles. The topological polar surface area (TPSA) is 59.2 Å². The van der Waals surface area contributed by atoms with Gasteiger partial charge in [0, 0.05) is 29.3 Å². The highest BCUT2D eigenvalue weighted by Gasteiger charge is 2.14. The molecule has 110 valence electrons. The predicted octanol–water partition coefficient (Wildman–Crippen LogP) is 3.26. The number of benzene rings is 1. The van der Waals surface area contributed by atoms with Crippen molar-refractivity contribution in [1.82, 2.24) is 9.88 Å². The largest absolute Gasteiger partial charge is 0.384 e. The standard InChI is InChI=1S/C16H18BrN3O/c1-3-14-8-12(9-15(18)19-14)16(21)20(2)10-11-4-6-13(17)7-5-11/h4-9H,3,10H2,1-2H3,(H2,18,19). The number of halogens is 1. The zero-order chi connectivity index (χ0) is 15.4. The number of nitrogens with two attached hydrogens (primary N) is 1. The molecule has 0 unspecified atom stereocenters. The lowest BCUT2D eigenvalue weighted by molar-refractivity contribution is 0.0785. The summed E-state index contributed by atoms with van der Waals surface area (Å²) in [6.45, 7) is 2.54. The number of nitrogens with zero attached hydrogens (tertiary/aromatic N) is 2. The monoisotopic (exact) mass is 347 g/mol. The van der Waals surface area contributed by atoms with Crippen molar-refractivity contribution in [2.24, 2.45) is 0 Å². The molecule has 1 aromatic carbocycles. The van der Waals surface area contributed by atoms with Crippen LogP contribution in [-0.4, -0.2) is 22.8 Å². The van der Waals surface area contributed by atoms with Gasteiger partial charge in [0.15, 0.2) is 0 Å². The van der Waals surface area contributed by atoms with Gasteiger partial charge in [-0.25, -0.2) is 4.98 Å². The van der Waals surface area contributed by atoms with Gasteiger partial charge < -0.3 is 10.6 Å². The van der Waals surface area contributed by atoms with Crippen molar-refractivity contribution in [2.75, 3.05) is 12.8 Å². The average Bonchev–Trinajstić information content (AvgIpc) is 2.48. The lowest BCUT2D eigenvalue weighted by Crippen LogP contribution is -2.26. The maximum atomic E-state index is 12.5. The first-order valence-corrected chi connectivity index (χ1v) is 7.55. The summed E-state index contributed by atoms with van der Waals surface area (Å²) in [6.07, 6.45) is 0.752. The lowest BCUT2D eigenvalue weighted by Gasteiger charge is -2.18. The molecule has 0 aliphatic rings. The predicted molar refractivity (Wildman–Crippen MR) is 88.0 cm³/mol. The first kappa shape index (κ1) is 15.5. The fourth-order valence-corrected chi connectivity index (χ4v) is 2.34. The van der Waals surface area contributed by atoms with E-state index >= 15 is 0 Å². The molecular formula is C16H18BrN3O. The van der Waals surface area contributed by atoms with Crippen LogP contribution >= 0.6 is 15.9 Å². The first-order valence-electron chi connectivity index (χ1n) is 6.76. The molecule has 0 bridgehead atoms. The molecule has 1 amide bonds. The third-order valence-electron chi connectivity index (χ3n) is 3.19. The van der Waals surface area contributed by atoms with Crippen LogP contribution in [0.3, 0.4) is 0 Å². The van der Waals surface area contributed by atoms with Crippen LogP contribution in [0.15, 0.2) is 40.9 Å². The summed E-state index contributed by atoms with van der Waals surface area (Å²) in [4.78, 5) is 18.3. The third kappa shape index (κ3) is 4.04. The van der Waals surface area contributed by atoms with E-state index < -0.39 is 0 Å². The van der Waals surface area contributed by atoms with Gasteiger partial charge in [-0.1, -0.05) is 35.0 Å². The minimum absolute atomic E-state index is 0.0540. The molecule has 0 radical (unpaired) electrons. The molecule has 0 fully saturated rings. The molecule has 2 N–H and O–H groups in total. The number of aryl methyl sites for hydroxylation is 1. The van der Waals surface area contributed by atoms with Crippen molar-refractivity contribution in [3.8, 4) is 0 Å². The number of hydrogen-bond donors (Lipinski definition) is 1. The molecule has 2 rings (SSSR count). The Bertz CT molecular complexity index is 640. The van der Waals surface area contributed by atoms with Crippen LogP contribution in [0.25, 0.3) is 0 Å². The Morgan fingerprint density at radius 1 is 1.29 bits per heavy atom. The number of anilines is 1. The maximum Gasteiger partial charge on any atom is 0.254 e. The minimum Gasteiger partial charge on any atom is -0.384 e. The number of hydrogen-bond acceptors (Lipinski definition) is 3. The number of rotatable bonds is 4. The first-order chi connectivity index (χ1) is 9.99. The van der Waals surface area contributed by atoms with Crippen molar-refractivity contribution in [3.05, 3.63) is 57.7 Å². The lowest BCUT2D eigenvalue weighted by atomic mass is 10.1. The zero-order valence-corrected chi connectivity index (χ0v) is 13.7. The molecule has 0 spiro atoms. The average molecular weight is 348 g/mol. The van der Waals surface area contributed by atoms with Crippen molar-refractivity contribution < 1.29 is 4.79 Å². The second-order valence-electron chi connectivity index (χ2n) is 4.91. The zero-order valence-electron chi connectivity index (χ0n) is 12.1. The molecule has 0 saturated carbocycles. The van der Waals surface area contributed by atoms with Crippen LogP contribution in [0.2, 0.25) is 0 Å². The third-order valence-corrected chi connectivity index (χ3v) is 3.72. The molecule has 0 atom stereocenters. The van der Waals surface area contributed by atoms with E-state index in [1.807, 2.05) is 31.2 Å². The van der Waals surface area contributed by atoms with E-state index in [0.717, 1.165) is 22.2 Å². The number of amides is 1. The number of carbonyl (C=O) groups is 1. The summed E-state index contributed by atoms with van der Waals surface area (Å²) in [5, 5.41) is 0. The fourth-order valence-electron chi connectivity index (χ4n) is 2.07. The van der Waals surface area contributed by atoms with Crippen molar-refractivity contribution in [1.29, 1.82) is 0 Å². The molecule has 2 aromatic rings. The van der Waals surface area contributed by atoms with Gasteiger partial charge in [-0.15, -0.1) is 0 Å². The molecule has 0 aliphatic carbocycles. The van der Waals surface area contributed by atoms with E-state index in [2.05, 4.69) is 20.9 Å². The molecular weight excluding hydrogens is 330 g/mol. The Morgan fingerprint density at radius 2 is 1.95 bits per heavy atom. The van der Waals surface area contributed by atoms with Crippen LogP contribution in [-0.2, 0) is 13.0 Å². The summed E-state index contributed by atoms with van der Waals surface area (Å²) >= 11 is 3.40. The Morgan fingerprint density at radius 3 is 2.57 bits per heavy atom. The van der Waals surface area contributed by atoms with E-state index in [-0.39, 0.29) is 5.91 Å². The van der Waals surface area contributed by atoms with Gasteiger partial charge in [-0.2, -0.15) is 0 Å². The Kier molecular flexibility index (Phi) is 4.96. The number of aromatic nitrogens is 1. The smallest absolute Gasteiger partial charge is 0.254 e. The molecule has 0 saturated heterocycles. The van der Waals surface area contributed by atoms with Crippen LogP contribution in [0, 0.1) is 0 Å². The van der Waals surface area contributed by atoms with Gasteiger partial charge in [-0.05, 0) is 36.2 Å². The minimum atomic E-state index is -0.0540. The summed E-state index contributed by atoms with van der Waals surface area (Å²) in [5.41, 5.74) is 8.24. The Labute approximate surface area is 133 Å². The van der Waals surface area contributed by atoms with Gasteiger partial charge in [0.2, 0.25) is 0 Å². The van der Waals surface area contributed by atoms with E-state index in [9.17, 15) is 4.79 Å². The van der Waals surface area contributed by atoms with Crippen LogP contribution in [0.4, 0.5) is 5.82 Å². The molecule has 21 heavy (non-hydrogen) atoms. The van der Waals surface area contributed by atoms with Crippen LogP contribution < -0.4 is 5.73 Å². The second kappa shape index (κ2) is 6.72. The quantitative estimate of drug-likeness (QED) is 0.923. The SMILES string of the molecule is CCc1cc(C(=O)N(C)Cc2ccc(Br)cc2)cc(N)n1. The van der Waals surface area contributed by atoms with E-state index in [0.29, 0.717) is 17.9 Å². The molecule has 4 nitrogen and oxygen atoms in total.